The zero-order chi connectivity index (χ0) is 26.8. The highest BCUT2D eigenvalue weighted by Gasteiger charge is 2.11. The number of halogens is 2. The fourth-order valence-electron chi connectivity index (χ4n) is 3.77. The lowest BCUT2D eigenvalue weighted by Crippen LogP contribution is -2.32. The molecule has 2 aromatic heterocycles. The predicted molar refractivity (Wildman–Crippen MR) is 156 cm³/mol. The van der Waals surface area contributed by atoms with Crippen LogP contribution in [-0.4, -0.2) is 16.0 Å². The molecule has 9 heteroatoms. The minimum Gasteiger partial charge on any atom is -0.457 e. The molecule has 0 aliphatic carbocycles. The minimum absolute atomic E-state index is 0.161. The first-order valence-electron chi connectivity index (χ1n) is 11.6. The Morgan fingerprint density at radius 2 is 1.61 bits per heavy atom. The number of furan rings is 1. The number of rotatable bonds is 5. The third-order valence-electron chi connectivity index (χ3n) is 5.80. The van der Waals surface area contributed by atoms with Gasteiger partial charge in [-0.1, -0.05) is 23.2 Å². The van der Waals surface area contributed by atoms with Gasteiger partial charge in [0.05, 0.1) is 0 Å². The molecule has 190 valence electrons. The number of aromatic nitrogens is 1. The molecular formula is C29H21Cl2N3O3S. The third-order valence-corrected chi connectivity index (χ3v) is 6.44. The van der Waals surface area contributed by atoms with E-state index in [1.54, 1.807) is 36.4 Å². The molecule has 5 aromatic rings. The summed E-state index contributed by atoms with van der Waals surface area (Å²) in [5, 5.41) is 6.78. The molecular weight excluding hydrogens is 541 g/mol. The number of aryl methyl sites for hydroxylation is 2. The molecule has 0 aliphatic rings. The molecule has 2 heterocycles. The van der Waals surface area contributed by atoms with Crippen LogP contribution in [0.1, 0.15) is 16.9 Å². The van der Waals surface area contributed by atoms with E-state index in [1.807, 2.05) is 50.2 Å². The van der Waals surface area contributed by atoms with E-state index >= 15 is 0 Å². The molecule has 0 radical (unpaired) electrons. The monoisotopic (exact) mass is 561 g/mol. The van der Waals surface area contributed by atoms with E-state index in [4.69, 9.17) is 44.3 Å². The third kappa shape index (κ3) is 5.97. The molecule has 0 spiro atoms. The van der Waals surface area contributed by atoms with E-state index < -0.39 is 5.91 Å². The molecule has 2 N–H and O–H groups in total. The molecule has 0 atom stereocenters. The molecule has 0 saturated carbocycles. The van der Waals surface area contributed by atoms with Crippen molar-refractivity contribution in [2.75, 3.05) is 5.32 Å². The summed E-state index contributed by atoms with van der Waals surface area (Å²) >= 11 is 17.4. The molecule has 0 saturated heterocycles. The van der Waals surface area contributed by atoms with Crippen LogP contribution in [0, 0.1) is 13.8 Å². The van der Waals surface area contributed by atoms with Crippen LogP contribution in [0.2, 0.25) is 10.0 Å². The van der Waals surface area contributed by atoms with Gasteiger partial charge in [0, 0.05) is 32.9 Å². The summed E-state index contributed by atoms with van der Waals surface area (Å²) in [7, 11) is 0. The van der Waals surface area contributed by atoms with Gasteiger partial charge in [-0.15, -0.1) is 0 Å². The maximum absolute atomic E-state index is 12.3. The maximum Gasteiger partial charge on any atom is 0.250 e. The highest BCUT2D eigenvalue weighted by atomic mass is 35.5. The van der Waals surface area contributed by atoms with Crippen LogP contribution in [0.5, 0.6) is 0 Å². The van der Waals surface area contributed by atoms with E-state index in [2.05, 4.69) is 15.6 Å². The lowest BCUT2D eigenvalue weighted by atomic mass is 10.1. The number of carbonyl (C=O) groups excluding carboxylic acids is 1. The van der Waals surface area contributed by atoms with Crippen molar-refractivity contribution in [1.29, 1.82) is 0 Å². The number of carbonyl (C=O) groups is 1. The standard InChI is InChI=1S/C29H21Cl2N3O3S/c1-16-11-24-26(12-17(16)2)37-28(33-24)18-3-5-22(6-4-18)32-29(38)34-27(35)10-8-23-7-9-25(36-23)19-13-20(30)15-21(31)14-19/h3-15H,1-2H3,(H2,32,34,35,38)/b10-8+. The summed E-state index contributed by atoms with van der Waals surface area (Å²) in [6.45, 7) is 4.09. The number of nitrogens with one attached hydrogen (secondary N) is 2. The van der Waals surface area contributed by atoms with E-state index in [9.17, 15) is 4.79 Å². The van der Waals surface area contributed by atoms with Gasteiger partial charge in [-0.25, -0.2) is 4.98 Å². The van der Waals surface area contributed by atoms with E-state index in [0.29, 0.717) is 33.1 Å². The summed E-state index contributed by atoms with van der Waals surface area (Å²) in [6.07, 6.45) is 2.88. The van der Waals surface area contributed by atoms with Crippen LogP contribution >= 0.6 is 35.4 Å². The van der Waals surface area contributed by atoms with Crippen LogP contribution < -0.4 is 10.6 Å². The van der Waals surface area contributed by atoms with E-state index in [-0.39, 0.29) is 5.11 Å². The number of hydrogen-bond donors (Lipinski definition) is 2. The number of hydrogen-bond acceptors (Lipinski definition) is 5. The highest BCUT2D eigenvalue weighted by Crippen LogP contribution is 2.29. The summed E-state index contributed by atoms with van der Waals surface area (Å²) < 4.78 is 11.7. The molecule has 5 rings (SSSR count). The predicted octanol–water partition coefficient (Wildman–Crippen LogP) is 8.20. The number of amides is 1. The van der Waals surface area contributed by atoms with Gasteiger partial charge >= 0.3 is 0 Å². The number of nitrogens with zero attached hydrogens (tertiary/aromatic N) is 1. The summed E-state index contributed by atoms with van der Waals surface area (Å²) in [5.74, 6) is 1.21. The second-order valence-electron chi connectivity index (χ2n) is 8.64. The van der Waals surface area contributed by atoms with Crippen LogP contribution in [-0.2, 0) is 4.79 Å². The molecule has 0 bridgehead atoms. The van der Waals surface area contributed by atoms with Gasteiger partial charge in [-0.3, -0.25) is 10.1 Å². The van der Waals surface area contributed by atoms with Gasteiger partial charge in [0.25, 0.3) is 0 Å². The second-order valence-corrected chi connectivity index (χ2v) is 9.92. The zero-order valence-electron chi connectivity index (χ0n) is 20.3. The number of fused-ring (bicyclic) bond motifs is 1. The average Bonchev–Trinajstić information content (AvgIpc) is 3.50. The highest BCUT2D eigenvalue weighted by molar-refractivity contribution is 7.80. The zero-order valence-corrected chi connectivity index (χ0v) is 22.7. The Labute approximate surface area is 234 Å². The van der Waals surface area contributed by atoms with Gasteiger partial charge in [0.2, 0.25) is 11.8 Å². The van der Waals surface area contributed by atoms with E-state index in [1.165, 1.54) is 11.6 Å². The number of oxazole rings is 1. The summed E-state index contributed by atoms with van der Waals surface area (Å²) in [6, 6.07) is 20.1. The topological polar surface area (TPSA) is 80.3 Å². The first kappa shape index (κ1) is 25.7. The summed E-state index contributed by atoms with van der Waals surface area (Å²) in [5.41, 5.74) is 6.17. The molecule has 6 nitrogen and oxygen atoms in total. The Balaban J connectivity index is 1.18. The van der Waals surface area contributed by atoms with Crippen molar-refractivity contribution in [3.05, 3.63) is 99.7 Å². The number of thiocarbonyl (C=S) groups is 1. The van der Waals surface area contributed by atoms with Crippen molar-refractivity contribution in [2.45, 2.75) is 13.8 Å². The Morgan fingerprint density at radius 1 is 0.895 bits per heavy atom. The van der Waals surface area contributed by atoms with Crippen molar-refractivity contribution in [1.82, 2.24) is 10.3 Å². The van der Waals surface area contributed by atoms with Gasteiger partial charge in [0.1, 0.15) is 17.0 Å². The molecule has 0 aliphatic heterocycles. The minimum atomic E-state index is -0.403. The fourth-order valence-corrected chi connectivity index (χ4v) is 4.51. The molecule has 3 aromatic carbocycles. The van der Waals surface area contributed by atoms with E-state index in [0.717, 1.165) is 27.8 Å². The Hall–Kier alpha value is -3.91. The Bertz CT molecular complexity index is 1650. The molecule has 1 amide bonds. The smallest absolute Gasteiger partial charge is 0.250 e. The van der Waals surface area contributed by atoms with Gasteiger partial charge in [-0.05, 0) is 110 Å². The van der Waals surface area contributed by atoms with Crippen molar-refractivity contribution >= 4 is 69.3 Å². The van der Waals surface area contributed by atoms with Crippen molar-refractivity contribution in [2.24, 2.45) is 0 Å². The van der Waals surface area contributed by atoms with Crippen molar-refractivity contribution in [3.8, 4) is 22.8 Å². The lowest BCUT2D eigenvalue weighted by Gasteiger charge is -2.08. The largest absolute Gasteiger partial charge is 0.457 e. The molecule has 38 heavy (non-hydrogen) atoms. The first-order valence-corrected chi connectivity index (χ1v) is 12.7. The van der Waals surface area contributed by atoms with Crippen LogP contribution in [0.4, 0.5) is 5.69 Å². The first-order chi connectivity index (χ1) is 18.2. The Morgan fingerprint density at radius 3 is 2.34 bits per heavy atom. The van der Waals surface area contributed by atoms with Gasteiger partial charge in [-0.2, -0.15) is 0 Å². The molecule has 0 unspecified atom stereocenters. The van der Waals surface area contributed by atoms with Gasteiger partial charge < -0.3 is 14.2 Å². The normalized spacial score (nSPS) is 11.3. The maximum atomic E-state index is 12.3. The SMILES string of the molecule is Cc1cc2nc(-c3ccc(NC(=S)NC(=O)/C=C/c4ccc(-c5cc(Cl)cc(Cl)c5)o4)cc3)oc2cc1C. The van der Waals surface area contributed by atoms with Crippen LogP contribution in [0.15, 0.2) is 81.6 Å². The lowest BCUT2D eigenvalue weighted by molar-refractivity contribution is -0.115. The second kappa shape index (κ2) is 10.8. The number of benzene rings is 3. The fraction of sp³-hybridized carbons (Fsp3) is 0.0690. The molecule has 0 fully saturated rings. The van der Waals surface area contributed by atoms with Gasteiger partial charge in [0.15, 0.2) is 10.7 Å². The number of anilines is 1. The van der Waals surface area contributed by atoms with Crippen LogP contribution in [0.25, 0.3) is 40.0 Å². The van der Waals surface area contributed by atoms with Crippen molar-refractivity contribution < 1.29 is 13.6 Å². The average molecular weight is 562 g/mol. The van der Waals surface area contributed by atoms with Crippen LogP contribution in [0.3, 0.4) is 0 Å². The quantitative estimate of drug-likeness (QED) is 0.166. The van der Waals surface area contributed by atoms with Crippen molar-refractivity contribution in [3.63, 3.8) is 0 Å². The summed E-state index contributed by atoms with van der Waals surface area (Å²) in [4.78, 5) is 16.9. The Kier molecular flexibility index (Phi) is 7.33.